The number of rotatable bonds is 5. The van der Waals surface area contributed by atoms with Crippen LogP contribution in [0.15, 0.2) is 30.9 Å². The van der Waals surface area contributed by atoms with Gasteiger partial charge in [0.1, 0.15) is 12.5 Å². The molecule has 5 atom stereocenters. The van der Waals surface area contributed by atoms with Crippen molar-refractivity contribution in [3.8, 4) is 0 Å². The molecule has 0 aromatic carbocycles. The molecule has 3 amide bonds. The summed E-state index contributed by atoms with van der Waals surface area (Å²) in [5, 5.41) is 2.83. The molecule has 1 saturated carbocycles. The molecule has 0 radical (unpaired) electrons. The quantitative estimate of drug-likeness (QED) is 0.632. The normalized spacial score (nSPS) is 30.8. The Hall–Kier alpha value is -2.09. The van der Waals surface area contributed by atoms with E-state index in [1.54, 1.807) is 11.8 Å². The number of fused-ring (bicyclic) bond motifs is 5. The third-order valence-corrected chi connectivity index (χ3v) is 6.08. The van der Waals surface area contributed by atoms with Crippen LogP contribution in [-0.2, 0) is 9.59 Å². The van der Waals surface area contributed by atoms with Crippen molar-refractivity contribution in [3.63, 3.8) is 0 Å². The molecule has 25 heavy (non-hydrogen) atoms. The highest BCUT2D eigenvalue weighted by Crippen LogP contribution is 2.52. The van der Waals surface area contributed by atoms with Crippen LogP contribution in [0.5, 0.6) is 0 Å². The molecule has 1 saturated heterocycles. The molecule has 7 nitrogen and oxygen atoms in total. The SMILES string of the molecule is CSCCC(NC(=O)n1ccnc1)N1C(=O)C2C3C=CC(C3)C2C1=O. The van der Waals surface area contributed by atoms with E-state index >= 15 is 0 Å². The lowest BCUT2D eigenvalue weighted by Crippen LogP contribution is -2.52. The number of allylic oxidation sites excluding steroid dienone is 2. The van der Waals surface area contributed by atoms with Gasteiger partial charge in [0.2, 0.25) is 11.8 Å². The van der Waals surface area contributed by atoms with Crippen LogP contribution in [0.3, 0.4) is 0 Å². The average molecular weight is 360 g/mol. The zero-order valence-corrected chi connectivity index (χ0v) is 14.7. The maximum atomic E-state index is 13.0. The molecule has 1 N–H and O–H groups in total. The van der Waals surface area contributed by atoms with Crippen LogP contribution in [0.25, 0.3) is 0 Å². The lowest BCUT2D eigenvalue weighted by Gasteiger charge is -2.28. The van der Waals surface area contributed by atoms with E-state index in [-0.39, 0.29) is 41.5 Å². The third kappa shape index (κ3) is 2.59. The molecule has 0 spiro atoms. The third-order valence-electron chi connectivity index (χ3n) is 5.44. The molecule has 2 heterocycles. The smallest absolute Gasteiger partial charge is 0.316 e. The molecule has 2 aliphatic carbocycles. The molecular weight excluding hydrogens is 340 g/mol. The average Bonchev–Trinajstić information content (AvgIpc) is 3.37. The zero-order valence-electron chi connectivity index (χ0n) is 13.9. The molecule has 2 fully saturated rings. The highest BCUT2D eigenvalue weighted by atomic mass is 32.2. The van der Waals surface area contributed by atoms with Crippen molar-refractivity contribution >= 4 is 29.6 Å². The van der Waals surface area contributed by atoms with Crippen molar-refractivity contribution < 1.29 is 14.4 Å². The van der Waals surface area contributed by atoms with Crippen molar-refractivity contribution in [1.29, 1.82) is 0 Å². The largest absolute Gasteiger partial charge is 0.328 e. The van der Waals surface area contributed by atoms with E-state index in [9.17, 15) is 14.4 Å². The molecule has 5 unspecified atom stereocenters. The number of carbonyl (C=O) groups is 3. The van der Waals surface area contributed by atoms with E-state index in [2.05, 4.69) is 22.5 Å². The van der Waals surface area contributed by atoms with Gasteiger partial charge in [0.25, 0.3) is 0 Å². The number of likely N-dealkylation sites (tertiary alicyclic amines) is 1. The number of imide groups is 1. The maximum absolute atomic E-state index is 13.0. The van der Waals surface area contributed by atoms with Crippen LogP contribution in [0.1, 0.15) is 12.8 Å². The highest BCUT2D eigenvalue weighted by Gasteiger charge is 2.60. The van der Waals surface area contributed by atoms with E-state index < -0.39 is 6.17 Å². The number of thioether (sulfide) groups is 1. The minimum atomic E-state index is -0.618. The number of nitrogens with zero attached hydrogens (tertiary/aromatic N) is 3. The van der Waals surface area contributed by atoms with Gasteiger partial charge >= 0.3 is 6.03 Å². The summed E-state index contributed by atoms with van der Waals surface area (Å²) < 4.78 is 1.31. The van der Waals surface area contributed by atoms with Gasteiger partial charge in [-0.05, 0) is 36.7 Å². The van der Waals surface area contributed by atoms with Crippen LogP contribution in [0.2, 0.25) is 0 Å². The minimum absolute atomic E-state index is 0.135. The Labute approximate surface area is 149 Å². The second-order valence-electron chi connectivity index (χ2n) is 6.76. The Morgan fingerprint density at radius 1 is 1.32 bits per heavy atom. The van der Waals surface area contributed by atoms with Gasteiger partial charge in [-0.2, -0.15) is 11.8 Å². The molecule has 1 aliphatic heterocycles. The van der Waals surface area contributed by atoms with Crippen LogP contribution >= 0.6 is 11.8 Å². The molecule has 8 heteroatoms. The van der Waals surface area contributed by atoms with Gasteiger partial charge in [-0.15, -0.1) is 0 Å². The van der Waals surface area contributed by atoms with Gasteiger partial charge in [0.05, 0.1) is 11.8 Å². The second-order valence-corrected chi connectivity index (χ2v) is 7.75. The summed E-state index contributed by atoms with van der Waals surface area (Å²) in [5.74, 6) is 0.317. The first kappa shape index (κ1) is 16.4. The summed E-state index contributed by atoms with van der Waals surface area (Å²) in [6.45, 7) is 0. The first-order valence-electron chi connectivity index (χ1n) is 8.45. The minimum Gasteiger partial charge on any atom is -0.316 e. The second kappa shape index (κ2) is 6.33. The maximum Gasteiger partial charge on any atom is 0.328 e. The molecule has 132 valence electrons. The van der Waals surface area contributed by atoms with Crippen molar-refractivity contribution in [2.24, 2.45) is 23.7 Å². The fourth-order valence-corrected chi connectivity index (χ4v) is 4.78. The Kier molecular flexibility index (Phi) is 4.15. The highest BCUT2D eigenvalue weighted by molar-refractivity contribution is 7.98. The number of imidazole rings is 1. The first-order valence-corrected chi connectivity index (χ1v) is 9.84. The Balaban J connectivity index is 1.56. The van der Waals surface area contributed by atoms with Gasteiger partial charge < -0.3 is 5.32 Å². The summed E-state index contributed by atoms with van der Waals surface area (Å²) >= 11 is 1.62. The summed E-state index contributed by atoms with van der Waals surface area (Å²) in [6.07, 6.45) is 11.4. The van der Waals surface area contributed by atoms with Gasteiger partial charge in [-0.3, -0.25) is 19.1 Å². The monoisotopic (exact) mass is 360 g/mol. The topological polar surface area (TPSA) is 84.3 Å². The van der Waals surface area contributed by atoms with E-state index in [1.807, 2.05) is 6.26 Å². The number of carbonyl (C=O) groups excluding carboxylic acids is 3. The molecule has 3 aliphatic rings. The van der Waals surface area contributed by atoms with Crippen LogP contribution in [0, 0.1) is 23.7 Å². The van der Waals surface area contributed by atoms with Gasteiger partial charge in [0, 0.05) is 12.4 Å². The summed E-state index contributed by atoms with van der Waals surface area (Å²) in [6, 6.07) is -0.387. The number of hydrogen-bond acceptors (Lipinski definition) is 5. The number of amides is 3. The summed E-state index contributed by atoms with van der Waals surface area (Å²) in [4.78, 5) is 43.5. The lowest BCUT2D eigenvalue weighted by atomic mass is 9.85. The first-order chi connectivity index (χ1) is 12.1. The van der Waals surface area contributed by atoms with Gasteiger partial charge in [-0.25, -0.2) is 9.78 Å². The zero-order chi connectivity index (χ0) is 17.6. The standard InChI is InChI=1S/C17H20N4O3S/c1-25-7-4-12(19-17(24)20-6-5-18-9-20)21-15(22)13-10-2-3-11(8-10)14(13)16(21)23/h2-3,5-6,9-14H,4,7-8H2,1H3,(H,19,24). The lowest BCUT2D eigenvalue weighted by molar-refractivity contribution is -0.144. The fraction of sp³-hybridized carbons (Fsp3) is 0.529. The predicted octanol–water partition coefficient (Wildman–Crippen LogP) is 1.33. The fourth-order valence-electron chi connectivity index (χ4n) is 4.32. The number of hydrogen-bond donors (Lipinski definition) is 1. The van der Waals surface area contributed by atoms with Crippen molar-refractivity contribution in [2.75, 3.05) is 12.0 Å². The van der Waals surface area contributed by atoms with Crippen LogP contribution in [0.4, 0.5) is 4.79 Å². The molecular formula is C17H20N4O3S. The summed E-state index contributed by atoms with van der Waals surface area (Å²) in [5.41, 5.74) is 0. The Bertz CT molecular complexity index is 702. The van der Waals surface area contributed by atoms with E-state index in [4.69, 9.17) is 0 Å². The molecule has 4 rings (SSSR count). The van der Waals surface area contributed by atoms with Gasteiger partial charge in [-0.1, -0.05) is 12.2 Å². The van der Waals surface area contributed by atoms with Gasteiger partial charge in [0.15, 0.2) is 0 Å². The van der Waals surface area contributed by atoms with Crippen LogP contribution < -0.4 is 5.32 Å². The van der Waals surface area contributed by atoms with E-state index in [0.717, 1.165) is 12.2 Å². The molecule has 1 aromatic heterocycles. The van der Waals surface area contributed by atoms with Crippen molar-refractivity contribution in [1.82, 2.24) is 19.8 Å². The molecule has 2 bridgehead atoms. The van der Waals surface area contributed by atoms with E-state index in [0.29, 0.717) is 6.42 Å². The summed E-state index contributed by atoms with van der Waals surface area (Å²) in [7, 11) is 0. The van der Waals surface area contributed by atoms with Crippen molar-refractivity contribution in [2.45, 2.75) is 19.0 Å². The van der Waals surface area contributed by atoms with Crippen LogP contribution in [-0.4, -0.2) is 50.5 Å². The Morgan fingerprint density at radius 3 is 2.56 bits per heavy atom. The van der Waals surface area contributed by atoms with E-state index in [1.165, 1.54) is 28.2 Å². The Morgan fingerprint density at radius 2 is 2.00 bits per heavy atom. The predicted molar refractivity (Wildman–Crippen MR) is 92.5 cm³/mol. The number of nitrogens with one attached hydrogen (secondary N) is 1. The van der Waals surface area contributed by atoms with Crippen molar-refractivity contribution in [3.05, 3.63) is 30.9 Å². The number of aromatic nitrogens is 2. The molecule has 1 aromatic rings.